The number of nitrogens with zero attached hydrogens (tertiary/aromatic N) is 4. The summed E-state index contributed by atoms with van der Waals surface area (Å²) in [6, 6.07) is 3.77. The van der Waals surface area contributed by atoms with E-state index in [4.69, 9.17) is 26.1 Å². The molecule has 40 heavy (non-hydrogen) atoms. The number of ether oxygens (including phenoxy) is 2. The van der Waals surface area contributed by atoms with Crippen LogP contribution < -0.4 is 10.7 Å². The van der Waals surface area contributed by atoms with Crippen LogP contribution in [-0.4, -0.2) is 75.2 Å². The van der Waals surface area contributed by atoms with Crippen molar-refractivity contribution in [2.75, 3.05) is 38.3 Å². The average molecular weight is 568 g/mol. The SMILES string of the molecule is Cc1c(CN2CCOCC23CC3)n(C(C)C)c2c(C)c(-c3nc(N[C@@H]4CCOC[C@H]4O)ncc3Cl)ccc2c1=O. The summed E-state index contributed by atoms with van der Waals surface area (Å²) >= 11 is 6.67. The third-order valence-electron chi connectivity index (χ3n) is 8.85. The van der Waals surface area contributed by atoms with Crippen molar-refractivity contribution in [3.05, 3.63) is 50.4 Å². The number of hydrogen-bond donors (Lipinski definition) is 2. The van der Waals surface area contributed by atoms with E-state index in [0.29, 0.717) is 35.1 Å². The van der Waals surface area contributed by atoms with Crippen molar-refractivity contribution in [3.8, 4) is 11.3 Å². The van der Waals surface area contributed by atoms with Crippen LogP contribution in [0.25, 0.3) is 22.2 Å². The first-order valence-electron chi connectivity index (χ1n) is 14.3. The maximum absolute atomic E-state index is 13.8. The van der Waals surface area contributed by atoms with Crippen LogP contribution in [0.2, 0.25) is 5.02 Å². The van der Waals surface area contributed by atoms with E-state index in [2.05, 4.69) is 33.6 Å². The van der Waals surface area contributed by atoms with Gasteiger partial charge in [-0.25, -0.2) is 9.97 Å². The Bertz CT molecular complexity index is 1500. The van der Waals surface area contributed by atoms with Crippen molar-refractivity contribution in [1.82, 2.24) is 19.4 Å². The van der Waals surface area contributed by atoms with Crippen LogP contribution in [0.15, 0.2) is 23.1 Å². The van der Waals surface area contributed by atoms with E-state index in [1.807, 2.05) is 26.0 Å². The molecular formula is C30H38ClN5O4. The highest BCUT2D eigenvalue weighted by molar-refractivity contribution is 6.33. The summed E-state index contributed by atoms with van der Waals surface area (Å²) in [7, 11) is 0. The number of fused-ring (bicyclic) bond motifs is 1. The van der Waals surface area contributed by atoms with Gasteiger partial charge in [-0.15, -0.1) is 0 Å². The third-order valence-corrected chi connectivity index (χ3v) is 9.13. The number of morpholine rings is 1. The molecule has 0 unspecified atom stereocenters. The Morgan fingerprint density at radius 2 is 2.00 bits per heavy atom. The van der Waals surface area contributed by atoms with Crippen molar-refractivity contribution < 1.29 is 14.6 Å². The van der Waals surface area contributed by atoms with Crippen molar-refractivity contribution in [2.45, 2.75) is 77.2 Å². The smallest absolute Gasteiger partial charge is 0.223 e. The molecule has 1 aliphatic carbocycles. The summed E-state index contributed by atoms with van der Waals surface area (Å²) in [5, 5.41) is 14.7. The van der Waals surface area contributed by atoms with Crippen LogP contribution in [-0.2, 0) is 16.0 Å². The van der Waals surface area contributed by atoms with Crippen LogP contribution in [0.3, 0.4) is 0 Å². The Hall–Kier alpha value is -2.56. The standard InChI is InChI=1S/C30H38ClN5O4/c1-17(2)36-24(14-35-10-12-40-16-30(35)8-9-30)19(4)28(38)21-6-5-20(18(3)27(21)36)26-22(31)13-32-29(34-26)33-23-7-11-39-15-25(23)37/h5-6,13,17,23,25,37H,7-12,14-16H2,1-4H3,(H,32,33,34)/t23-,25-/m1/s1. The van der Waals surface area contributed by atoms with Gasteiger partial charge in [-0.2, -0.15) is 0 Å². The monoisotopic (exact) mass is 567 g/mol. The number of hydrogen-bond acceptors (Lipinski definition) is 8. The van der Waals surface area contributed by atoms with Crippen molar-refractivity contribution in [2.24, 2.45) is 0 Å². The number of rotatable bonds is 6. The van der Waals surface area contributed by atoms with Gasteiger partial charge in [-0.1, -0.05) is 17.7 Å². The number of nitrogens with one attached hydrogen (secondary N) is 1. The highest BCUT2D eigenvalue weighted by Crippen LogP contribution is 2.45. The van der Waals surface area contributed by atoms with Gasteiger partial charge in [0.1, 0.15) is 0 Å². The molecule has 2 N–H and O–H groups in total. The predicted octanol–water partition coefficient (Wildman–Crippen LogP) is 4.24. The van der Waals surface area contributed by atoms with E-state index >= 15 is 0 Å². The van der Waals surface area contributed by atoms with Crippen LogP contribution in [0.1, 0.15) is 56.0 Å². The lowest BCUT2D eigenvalue weighted by molar-refractivity contribution is -0.0256. The molecule has 3 aromatic rings. The van der Waals surface area contributed by atoms with Crippen molar-refractivity contribution in [3.63, 3.8) is 0 Å². The molecule has 2 aliphatic heterocycles. The Morgan fingerprint density at radius 3 is 2.73 bits per heavy atom. The summed E-state index contributed by atoms with van der Waals surface area (Å²) in [6.45, 7) is 12.3. The maximum atomic E-state index is 13.8. The maximum Gasteiger partial charge on any atom is 0.223 e. The summed E-state index contributed by atoms with van der Waals surface area (Å²) in [5.41, 5.74) is 5.36. The van der Waals surface area contributed by atoms with Gasteiger partial charge in [0.25, 0.3) is 0 Å². The Kier molecular flexibility index (Phi) is 7.37. The van der Waals surface area contributed by atoms with E-state index in [-0.39, 0.29) is 29.7 Å². The molecule has 6 rings (SSSR count). The van der Waals surface area contributed by atoms with Gasteiger partial charge in [0.2, 0.25) is 5.95 Å². The lowest BCUT2D eigenvalue weighted by Crippen LogP contribution is -2.47. The van der Waals surface area contributed by atoms with E-state index in [0.717, 1.165) is 67.0 Å². The van der Waals surface area contributed by atoms with Crippen LogP contribution in [0.4, 0.5) is 5.95 Å². The molecule has 0 bridgehead atoms. The number of aryl methyl sites for hydroxylation is 1. The number of pyridine rings is 1. The first-order valence-corrected chi connectivity index (χ1v) is 14.6. The summed E-state index contributed by atoms with van der Waals surface area (Å²) in [5.74, 6) is 0.401. The molecular weight excluding hydrogens is 530 g/mol. The topological polar surface area (TPSA) is 102 Å². The largest absolute Gasteiger partial charge is 0.389 e. The fraction of sp³-hybridized carbons (Fsp3) is 0.567. The van der Waals surface area contributed by atoms with E-state index in [1.54, 1.807) is 6.20 Å². The van der Waals surface area contributed by atoms with Gasteiger partial charge in [0.15, 0.2) is 5.43 Å². The second-order valence-electron chi connectivity index (χ2n) is 11.8. The molecule has 2 aromatic heterocycles. The molecule has 1 aromatic carbocycles. The molecule has 3 fully saturated rings. The Morgan fingerprint density at radius 1 is 1.20 bits per heavy atom. The number of benzene rings is 1. The molecule has 0 radical (unpaired) electrons. The zero-order valence-corrected chi connectivity index (χ0v) is 24.4. The Labute approximate surface area is 239 Å². The van der Waals surface area contributed by atoms with Gasteiger partial charge in [-0.05, 0) is 58.6 Å². The van der Waals surface area contributed by atoms with Gasteiger partial charge in [-0.3, -0.25) is 9.69 Å². The number of aromatic nitrogens is 3. The molecule has 1 spiro atoms. The second-order valence-corrected chi connectivity index (χ2v) is 12.2. The number of anilines is 1. The quantitative estimate of drug-likeness (QED) is 0.456. The van der Waals surface area contributed by atoms with Crippen LogP contribution >= 0.6 is 11.6 Å². The summed E-state index contributed by atoms with van der Waals surface area (Å²) < 4.78 is 13.5. The predicted molar refractivity (Wildman–Crippen MR) is 156 cm³/mol. The molecule has 2 atom stereocenters. The van der Waals surface area contributed by atoms with Gasteiger partial charge >= 0.3 is 0 Å². The first kappa shape index (κ1) is 27.6. The lowest BCUT2D eigenvalue weighted by Gasteiger charge is -2.37. The van der Waals surface area contributed by atoms with Crippen molar-refractivity contribution >= 4 is 28.5 Å². The molecule has 10 heteroatoms. The molecule has 0 amide bonds. The van der Waals surface area contributed by atoms with Gasteiger partial charge < -0.3 is 24.5 Å². The minimum absolute atomic E-state index is 0.0688. The highest BCUT2D eigenvalue weighted by Gasteiger charge is 2.50. The zero-order chi connectivity index (χ0) is 28.2. The third kappa shape index (κ3) is 4.81. The van der Waals surface area contributed by atoms with Crippen LogP contribution in [0.5, 0.6) is 0 Å². The minimum Gasteiger partial charge on any atom is -0.389 e. The highest BCUT2D eigenvalue weighted by atomic mass is 35.5. The van der Waals surface area contributed by atoms with Gasteiger partial charge in [0.05, 0.1) is 54.4 Å². The number of aliphatic hydroxyl groups excluding tert-OH is 1. The fourth-order valence-electron chi connectivity index (χ4n) is 6.34. The van der Waals surface area contributed by atoms with E-state index < -0.39 is 6.10 Å². The number of aliphatic hydroxyl groups is 1. The summed E-state index contributed by atoms with van der Waals surface area (Å²) in [6.07, 6.45) is 3.89. The zero-order valence-electron chi connectivity index (χ0n) is 23.7. The molecule has 1 saturated carbocycles. The molecule has 9 nitrogen and oxygen atoms in total. The van der Waals surface area contributed by atoms with Gasteiger partial charge in [0, 0.05) is 53.5 Å². The van der Waals surface area contributed by atoms with Crippen molar-refractivity contribution in [1.29, 1.82) is 0 Å². The fourth-order valence-corrected chi connectivity index (χ4v) is 6.54. The molecule has 2 saturated heterocycles. The van der Waals surface area contributed by atoms with Crippen LogP contribution in [0, 0.1) is 13.8 Å². The average Bonchev–Trinajstić information content (AvgIpc) is 3.71. The normalized spacial score (nSPS) is 22.8. The molecule has 4 heterocycles. The minimum atomic E-state index is -0.637. The molecule has 214 valence electrons. The Balaban J connectivity index is 1.46. The van der Waals surface area contributed by atoms with E-state index in [9.17, 15) is 9.90 Å². The second kappa shape index (κ2) is 10.7. The van der Waals surface area contributed by atoms with E-state index in [1.165, 1.54) is 0 Å². The first-order chi connectivity index (χ1) is 19.2. The lowest BCUT2D eigenvalue weighted by atomic mass is 9.97. The number of halogens is 1. The summed E-state index contributed by atoms with van der Waals surface area (Å²) in [4.78, 5) is 25.4. The molecule has 3 aliphatic rings.